The van der Waals surface area contributed by atoms with E-state index < -0.39 is 0 Å². The van der Waals surface area contributed by atoms with Crippen molar-refractivity contribution < 1.29 is 0 Å². The molecule has 0 unspecified atom stereocenters. The van der Waals surface area contributed by atoms with Crippen molar-refractivity contribution in [3.8, 4) is 0 Å². The van der Waals surface area contributed by atoms with E-state index in [1.165, 1.54) is 102 Å². The average molecular weight is 374 g/mol. The predicted octanol–water partition coefficient (Wildman–Crippen LogP) is 7.02. The summed E-state index contributed by atoms with van der Waals surface area (Å²) in [6, 6.07) is 2.17. The van der Waals surface area contributed by atoms with Crippen LogP contribution in [0.5, 0.6) is 0 Å². The molecule has 1 aliphatic heterocycles. The molecule has 1 aliphatic rings. The van der Waals surface area contributed by atoms with E-state index in [4.69, 9.17) is 4.98 Å². The Kier molecular flexibility index (Phi) is 11.5. The van der Waals surface area contributed by atoms with Gasteiger partial charge in [0.05, 0.1) is 0 Å². The highest BCUT2D eigenvalue weighted by atomic mass is 15.3. The van der Waals surface area contributed by atoms with E-state index in [-0.39, 0.29) is 0 Å². The molecular weight excluding hydrogens is 330 g/mol. The number of unbranched alkanes of at least 4 members (excludes halogenated alkanes) is 13. The van der Waals surface area contributed by atoms with Crippen LogP contribution in [0.25, 0.3) is 0 Å². The molecule has 3 heteroatoms. The van der Waals surface area contributed by atoms with E-state index in [0.29, 0.717) is 0 Å². The Bertz CT molecular complexity index is 496. The van der Waals surface area contributed by atoms with Gasteiger partial charge in [-0.2, -0.15) is 0 Å². The van der Waals surface area contributed by atoms with Gasteiger partial charge in [-0.05, 0) is 32.3 Å². The van der Waals surface area contributed by atoms with Crippen LogP contribution in [0, 0.1) is 6.92 Å². The van der Waals surface area contributed by atoms with Gasteiger partial charge < -0.3 is 4.90 Å². The van der Waals surface area contributed by atoms with Crippen LogP contribution in [0.2, 0.25) is 0 Å². The van der Waals surface area contributed by atoms with E-state index >= 15 is 0 Å². The van der Waals surface area contributed by atoms with Gasteiger partial charge in [-0.1, -0.05) is 90.4 Å². The van der Waals surface area contributed by atoms with Gasteiger partial charge in [0, 0.05) is 24.5 Å². The van der Waals surface area contributed by atoms with Crippen molar-refractivity contribution in [2.45, 2.75) is 117 Å². The normalized spacial score (nSPS) is 13.8. The minimum absolute atomic E-state index is 0.960. The van der Waals surface area contributed by atoms with Crippen LogP contribution in [-0.2, 0) is 6.42 Å². The second-order valence-corrected chi connectivity index (χ2v) is 8.49. The Hall–Kier alpha value is -1.12. The number of nitrogens with zero attached hydrogens (tertiary/aromatic N) is 3. The Morgan fingerprint density at radius 3 is 1.74 bits per heavy atom. The molecular formula is C24H43N3. The van der Waals surface area contributed by atoms with Crippen LogP contribution in [-0.4, -0.2) is 23.1 Å². The number of aromatic nitrogens is 2. The van der Waals surface area contributed by atoms with Crippen molar-refractivity contribution in [1.82, 2.24) is 9.97 Å². The summed E-state index contributed by atoms with van der Waals surface area (Å²) in [4.78, 5) is 11.7. The molecule has 0 amide bonds. The highest BCUT2D eigenvalue weighted by Crippen LogP contribution is 2.18. The van der Waals surface area contributed by atoms with Crippen LogP contribution in [0.1, 0.15) is 115 Å². The van der Waals surface area contributed by atoms with E-state index in [0.717, 1.165) is 31.2 Å². The third-order valence-electron chi connectivity index (χ3n) is 5.82. The number of rotatable bonds is 16. The monoisotopic (exact) mass is 373 g/mol. The first-order valence-corrected chi connectivity index (χ1v) is 11.9. The number of anilines is 1. The van der Waals surface area contributed by atoms with Crippen molar-refractivity contribution in [3.05, 3.63) is 17.5 Å². The second kappa shape index (κ2) is 14.0. The van der Waals surface area contributed by atoms with E-state index in [1.54, 1.807) is 0 Å². The van der Waals surface area contributed by atoms with Crippen LogP contribution in [0.4, 0.5) is 5.95 Å². The summed E-state index contributed by atoms with van der Waals surface area (Å²) >= 11 is 0. The molecule has 27 heavy (non-hydrogen) atoms. The molecule has 2 heterocycles. The fourth-order valence-electron chi connectivity index (χ4n) is 3.90. The molecule has 0 radical (unpaired) electrons. The number of hydrogen-bond acceptors (Lipinski definition) is 3. The Morgan fingerprint density at radius 1 is 0.741 bits per heavy atom. The van der Waals surface area contributed by atoms with Crippen molar-refractivity contribution in [1.29, 1.82) is 0 Å². The van der Waals surface area contributed by atoms with Crippen molar-refractivity contribution in [3.63, 3.8) is 0 Å². The average Bonchev–Trinajstić information content (AvgIpc) is 2.60. The molecule has 0 aliphatic carbocycles. The van der Waals surface area contributed by atoms with E-state index in [2.05, 4.69) is 29.8 Å². The largest absolute Gasteiger partial charge is 0.341 e. The lowest BCUT2D eigenvalue weighted by Crippen LogP contribution is -2.38. The van der Waals surface area contributed by atoms with Gasteiger partial charge in [0.1, 0.15) is 0 Å². The van der Waals surface area contributed by atoms with Crippen LogP contribution in [0.15, 0.2) is 6.07 Å². The fraction of sp³-hybridized carbons (Fsp3) is 0.833. The van der Waals surface area contributed by atoms with Gasteiger partial charge in [-0.15, -0.1) is 0 Å². The summed E-state index contributed by atoms with van der Waals surface area (Å²) in [5.41, 5.74) is 2.36. The molecule has 0 atom stereocenters. The van der Waals surface area contributed by atoms with Crippen molar-refractivity contribution >= 4 is 5.95 Å². The molecule has 0 aromatic carbocycles. The summed E-state index contributed by atoms with van der Waals surface area (Å²) in [6.07, 6.45) is 22.2. The topological polar surface area (TPSA) is 29.0 Å². The third kappa shape index (κ3) is 9.58. The molecule has 0 saturated carbocycles. The Labute approximate surface area is 168 Å². The van der Waals surface area contributed by atoms with Gasteiger partial charge in [-0.3, -0.25) is 0 Å². The van der Waals surface area contributed by atoms with Crippen LogP contribution < -0.4 is 4.90 Å². The molecule has 2 rings (SSSR count). The van der Waals surface area contributed by atoms with Crippen LogP contribution >= 0.6 is 0 Å². The molecule has 1 aromatic rings. The maximum absolute atomic E-state index is 4.77. The molecule has 1 aromatic heterocycles. The minimum atomic E-state index is 0.960. The summed E-state index contributed by atoms with van der Waals surface area (Å²) < 4.78 is 0. The summed E-state index contributed by atoms with van der Waals surface area (Å²) in [7, 11) is 0. The molecule has 0 bridgehead atoms. The highest BCUT2D eigenvalue weighted by molar-refractivity contribution is 5.34. The van der Waals surface area contributed by atoms with E-state index in [1.807, 2.05) is 0 Å². The van der Waals surface area contributed by atoms with Crippen LogP contribution in [0.3, 0.4) is 0 Å². The lowest BCUT2D eigenvalue weighted by atomic mass is 10.0. The van der Waals surface area contributed by atoms with Gasteiger partial charge in [0.2, 0.25) is 5.95 Å². The first-order chi connectivity index (χ1) is 13.3. The predicted molar refractivity (Wildman–Crippen MR) is 118 cm³/mol. The smallest absolute Gasteiger partial charge is 0.225 e. The third-order valence-corrected chi connectivity index (χ3v) is 5.82. The Morgan fingerprint density at radius 2 is 1.26 bits per heavy atom. The summed E-state index contributed by atoms with van der Waals surface area (Å²) in [5.74, 6) is 0.960. The van der Waals surface area contributed by atoms with Gasteiger partial charge in [0.25, 0.3) is 0 Å². The molecule has 0 N–H and O–H groups in total. The van der Waals surface area contributed by atoms with Crippen molar-refractivity contribution in [2.75, 3.05) is 18.0 Å². The van der Waals surface area contributed by atoms with E-state index in [9.17, 15) is 0 Å². The quantitative estimate of drug-likeness (QED) is 0.292. The Balaban J connectivity index is 1.41. The van der Waals surface area contributed by atoms with Crippen molar-refractivity contribution in [2.24, 2.45) is 0 Å². The summed E-state index contributed by atoms with van der Waals surface area (Å²) in [6.45, 7) is 6.64. The fourth-order valence-corrected chi connectivity index (χ4v) is 3.90. The second-order valence-electron chi connectivity index (χ2n) is 8.49. The first-order valence-electron chi connectivity index (χ1n) is 11.9. The molecule has 1 fully saturated rings. The maximum Gasteiger partial charge on any atom is 0.225 e. The first kappa shape index (κ1) is 22.2. The lowest BCUT2D eigenvalue weighted by molar-refractivity contribution is 0.535. The SMILES string of the molecule is CCCCCCCCCCCCCCCCc1cc(C)nc(N2CCC2)n1. The zero-order valence-corrected chi connectivity index (χ0v) is 18.1. The summed E-state index contributed by atoms with van der Waals surface area (Å²) in [5, 5.41) is 0. The van der Waals surface area contributed by atoms with Gasteiger partial charge >= 0.3 is 0 Å². The maximum atomic E-state index is 4.77. The highest BCUT2D eigenvalue weighted by Gasteiger charge is 2.17. The minimum Gasteiger partial charge on any atom is -0.341 e. The number of hydrogen-bond donors (Lipinski definition) is 0. The van der Waals surface area contributed by atoms with Gasteiger partial charge in [0.15, 0.2) is 0 Å². The zero-order chi connectivity index (χ0) is 19.2. The lowest BCUT2D eigenvalue weighted by Gasteiger charge is -2.31. The zero-order valence-electron chi connectivity index (χ0n) is 18.1. The molecule has 154 valence electrons. The number of aryl methyl sites for hydroxylation is 2. The molecule has 1 saturated heterocycles. The van der Waals surface area contributed by atoms with Gasteiger partial charge in [-0.25, -0.2) is 9.97 Å². The molecule has 0 spiro atoms. The standard InChI is InChI=1S/C24H43N3/c1-3-4-5-6-7-8-9-10-11-12-13-14-15-16-18-23-21-22(2)25-24(26-23)27-19-17-20-27/h21H,3-20H2,1-2H3. The molecule has 3 nitrogen and oxygen atoms in total.